The molecule has 0 bridgehead atoms. The number of hydrogen-bond donors (Lipinski definition) is 1. The highest BCUT2D eigenvalue weighted by atomic mass is 35.5. The van der Waals surface area contributed by atoms with Crippen LogP contribution < -0.4 is 10.1 Å². The minimum absolute atomic E-state index is 0.150. The highest BCUT2D eigenvalue weighted by Crippen LogP contribution is 2.26. The fourth-order valence-electron chi connectivity index (χ4n) is 1.65. The summed E-state index contributed by atoms with van der Waals surface area (Å²) in [5, 5.41) is 4.18. The number of aryl methyl sites for hydroxylation is 2. The van der Waals surface area contributed by atoms with Gasteiger partial charge in [0.1, 0.15) is 11.9 Å². The lowest BCUT2D eigenvalue weighted by Gasteiger charge is -2.18. The molecule has 96 valence electrons. The van der Waals surface area contributed by atoms with Crippen LogP contribution in [-0.2, 0) is 0 Å². The van der Waals surface area contributed by atoms with Crippen LogP contribution in [0.1, 0.15) is 31.9 Å². The first-order valence-corrected chi connectivity index (χ1v) is 6.44. The van der Waals surface area contributed by atoms with Crippen LogP contribution in [0.4, 0.5) is 0 Å². The Kier molecular flexibility index (Phi) is 5.29. The summed E-state index contributed by atoms with van der Waals surface area (Å²) in [6.45, 7) is 11.2. The van der Waals surface area contributed by atoms with Crippen molar-refractivity contribution in [3.63, 3.8) is 0 Å². The van der Waals surface area contributed by atoms with E-state index in [0.29, 0.717) is 6.04 Å². The molecule has 1 N–H and O–H groups in total. The Morgan fingerprint density at radius 2 is 1.71 bits per heavy atom. The summed E-state index contributed by atoms with van der Waals surface area (Å²) >= 11 is 6.12. The Hall–Kier alpha value is -0.730. The molecule has 0 heterocycles. The largest absolute Gasteiger partial charge is 0.489 e. The summed E-state index contributed by atoms with van der Waals surface area (Å²) in [7, 11) is 0. The number of halogens is 1. The molecule has 0 aliphatic heterocycles. The van der Waals surface area contributed by atoms with E-state index in [-0.39, 0.29) is 6.10 Å². The molecule has 1 atom stereocenters. The summed E-state index contributed by atoms with van der Waals surface area (Å²) in [6.07, 6.45) is 0.150. The molecule has 2 nitrogen and oxygen atoms in total. The van der Waals surface area contributed by atoms with Gasteiger partial charge in [-0.25, -0.2) is 0 Å². The number of ether oxygens (including phenoxy) is 1. The SMILES string of the molecule is Cc1cc(OC(C)CNC(C)C)cc(C)c1Cl. The summed E-state index contributed by atoms with van der Waals surface area (Å²) in [5.74, 6) is 0.891. The van der Waals surface area contributed by atoms with E-state index in [1.807, 2.05) is 26.0 Å². The van der Waals surface area contributed by atoms with Crippen LogP contribution in [0, 0.1) is 13.8 Å². The smallest absolute Gasteiger partial charge is 0.120 e. The molecule has 0 aliphatic rings. The van der Waals surface area contributed by atoms with Crippen LogP contribution in [0.2, 0.25) is 5.02 Å². The zero-order chi connectivity index (χ0) is 13.0. The van der Waals surface area contributed by atoms with Gasteiger partial charge in [0, 0.05) is 17.6 Å². The number of nitrogens with one attached hydrogen (secondary N) is 1. The Bertz CT molecular complexity index is 353. The Morgan fingerprint density at radius 1 is 1.18 bits per heavy atom. The zero-order valence-electron chi connectivity index (χ0n) is 11.3. The van der Waals surface area contributed by atoms with Crippen molar-refractivity contribution < 1.29 is 4.74 Å². The van der Waals surface area contributed by atoms with Crippen molar-refractivity contribution >= 4 is 11.6 Å². The first kappa shape index (κ1) is 14.3. The van der Waals surface area contributed by atoms with Crippen molar-refractivity contribution in [1.29, 1.82) is 0 Å². The lowest BCUT2D eigenvalue weighted by molar-refractivity contribution is 0.213. The summed E-state index contributed by atoms with van der Waals surface area (Å²) in [5.41, 5.74) is 2.12. The van der Waals surface area contributed by atoms with E-state index in [0.717, 1.165) is 28.4 Å². The van der Waals surface area contributed by atoms with E-state index < -0.39 is 0 Å². The second kappa shape index (κ2) is 6.27. The molecular formula is C14H22ClNO. The Labute approximate surface area is 109 Å². The molecule has 1 rings (SSSR count). The monoisotopic (exact) mass is 255 g/mol. The molecule has 0 saturated carbocycles. The van der Waals surface area contributed by atoms with Gasteiger partial charge in [-0.1, -0.05) is 25.4 Å². The van der Waals surface area contributed by atoms with Gasteiger partial charge in [-0.15, -0.1) is 0 Å². The normalized spacial score (nSPS) is 12.9. The molecule has 1 aromatic carbocycles. The van der Waals surface area contributed by atoms with Crippen LogP contribution in [-0.4, -0.2) is 18.7 Å². The van der Waals surface area contributed by atoms with Gasteiger partial charge in [0.05, 0.1) is 0 Å². The predicted octanol–water partition coefficient (Wildman–Crippen LogP) is 3.72. The molecule has 0 fully saturated rings. The molecule has 1 aromatic rings. The van der Waals surface area contributed by atoms with Gasteiger partial charge in [0.15, 0.2) is 0 Å². The highest BCUT2D eigenvalue weighted by Gasteiger charge is 2.08. The van der Waals surface area contributed by atoms with Gasteiger partial charge in [-0.05, 0) is 44.0 Å². The average molecular weight is 256 g/mol. The number of rotatable bonds is 5. The van der Waals surface area contributed by atoms with Gasteiger partial charge in [-0.3, -0.25) is 0 Å². The topological polar surface area (TPSA) is 21.3 Å². The molecule has 0 aliphatic carbocycles. The minimum atomic E-state index is 0.150. The first-order valence-electron chi connectivity index (χ1n) is 6.07. The molecule has 0 aromatic heterocycles. The minimum Gasteiger partial charge on any atom is -0.489 e. The fraction of sp³-hybridized carbons (Fsp3) is 0.571. The van der Waals surface area contributed by atoms with Crippen LogP contribution >= 0.6 is 11.6 Å². The van der Waals surface area contributed by atoms with Crippen LogP contribution in [0.25, 0.3) is 0 Å². The summed E-state index contributed by atoms with van der Waals surface area (Å²) < 4.78 is 5.86. The molecule has 0 spiro atoms. The molecule has 0 amide bonds. The number of benzene rings is 1. The maximum atomic E-state index is 6.12. The van der Waals surface area contributed by atoms with E-state index in [1.54, 1.807) is 0 Å². The Balaban J connectivity index is 2.62. The zero-order valence-corrected chi connectivity index (χ0v) is 12.1. The third-order valence-electron chi connectivity index (χ3n) is 2.56. The van der Waals surface area contributed by atoms with Gasteiger partial charge < -0.3 is 10.1 Å². The van der Waals surface area contributed by atoms with Gasteiger partial charge in [0.25, 0.3) is 0 Å². The van der Waals surface area contributed by atoms with E-state index in [9.17, 15) is 0 Å². The maximum absolute atomic E-state index is 6.12. The third kappa shape index (κ3) is 4.57. The lowest BCUT2D eigenvalue weighted by atomic mass is 10.1. The van der Waals surface area contributed by atoms with Crippen molar-refractivity contribution in [1.82, 2.24) is 5.32 Å². The van der Waals surface area contributed by atoms with Crippen LogP contribution in [0.15, 0.2) is 12.1 Å². The maximum Gasteiger partial charge on any atom is 0.120 e. The molecule has 3 heteroatoms. The molecule has 0 radical (unpaired) electrons. The van der Waals surface area contributed by atoms with E-state index in [1.165, 1.54) is 0 Å². The summed E-state index contributed by atoms with van der Waals surface area (Å²) in [4.78, 5) is 0. The van der Waals surface area contributed by atoms with Crippen molar-refractivity contribution in [3.05, 3.63) is 28.3 Å². The van der Waals surface area contributed by atoms with Crippen molar-refractivity contribution in [2.45, 2.75) is 46.8 Å². The summed E-state index contributed by atoms with van der Waals surface area (Å²) in [6, 6.07) is 4.46. The highest BCUT2D eigenvalue weighted by molar-refractivity contribution is 6.32. The molecule has 1 unspecified atom stereocenters. The standard InChI is InChI=1S/C14H22ClNO/c1-9(2)16-8-12(5)17-13-6-10(3)14(15)11(4)7-13/h6-7,9,12,16H,8H2,1-5H3. The van der Waals surface area contributed by atoms with E-state index >= 15 is 0 Å². The second-order valence-electron chi connectivity index (χ2n) is 4.86. The van der Waals surface area contributed by atoms with Crippen LogP contribution in [0.5, 0.6) is 5.75 Å². The second-order valence-corrected chi connectivity index (χ2v) is 5.24. The Morgan fingerprint density at radius 3 is 2.18 bits per heavy atom. The van der Waals surface area contributed by atoms with Gasteiger partial charge in [-0.2, -0.15) is 0 Å². The molecular weight excluding hydrogens is 234 g/mol. The quantitative estimate of drug-likeness (QED) is 0.866. The van der Waals surface area contributed by atoms with Crippen molar-refractivity contribution in [2.75, 3.05) is 6.54 Å². The number of hydrogen-bond acceptors (Lipinski definition) is 2. The fourth-order valence-corrected chi connectivity index (χ4v) is 1.76. The van der Waals surface area contributed by atoms with E-state index in [2.05, 4.69) is 26.1 Å². The first-order chi connectivity index (χ1) is 7.90. The van der Waals surface area contributed by atoms with E-state index in [4.69, 9.17) is 16.3 Å². The van der Waals surface area contributed by atoms with Gasteiger partial charge in [0.2, 0.25) is 0 Å². The van der Waals surface area contributed by atoms with Crippen molar-refractivity contribution in [2.24, 2.45) is 0 Å². The third-order valence-corrected chi connectivity index (χ3v) is 3.16. The average Bonchev–Trinajstić information content (AvgIpc) is 2.23. The predicted molar refractivity (Wildman–Crippen MR) is 74.2 cm³/mol. The molecule has 0 saturated heterocycles. The van der Waals surface area contributed by atoms with Gasteiger partial charge >= 0.3 is 0 Å². The molecule has 17 heavy (non-hydrogen) atoms. The van der Waals surface area contributed by atoms with Crippen molar-refractivity contribution in [3.8, 4) is 5.75 Å². The lowest BCUT2D eigenvalue weighted by Crippen LogP contribution is -2.33. The van der Waals surface area contributed by atoms with Crippen LogP contribution in [0.3, 0.4) is 0 Å².